The zero-order valence-electron chi connectivity index (χ0n) is 18.6. The number of thioether (sulfide) groups is 1. The van der Waals surface area contributed by atoms with Crippen molar-refractivity contribution in [2.45, 2.75) is 51.9 Å². The van der Waals surface area contributed by atoms with Crippen LogP contribution < -0.4 is 5.32 Å². The van der Waals surface area contributed by atoms with Crippen molar-refractivity contribution in [2.24, 2.45) is 10.9 Å². The van der Waals surface area contributed by atoms with E-state index in [-0.39, 0.29) is 29.8 Å². The monoisotopic (exact) mass is 548 g/mol. The molecule has 0 unspecified atom stereocenters. The maximum Gasteiger partial charge on any atom is 0.193 e. The molecule has 30 heavy (non-hydrogen) atoms. The minimum Gasteiger partial charge on any atom is -0.357 e. The molecule has 0 bridgehead atoms. The Morgan fingerprint density at radius 2 is 2.10 bits per heavy atom. The SMILES string of the molecule is CCNC(=NCCCc1nnc(SC)n1CC(C)C)N(C)Cc1cccc(F)c1.I. The Hall–Kier alpha value is -1.36. The van der Waals surface area contributed by atoms with Crippen LogP contribution in [-0.2, 0) is 19.5 Å². The topological polar surface area (TPSA) is 58.3 Å². The van der Waals surface area contributed by atoms with Gasteiger partial charge in [-0.05, 0) is 43.2 Å². The molecule has 9 heteroatoms. The molecule has 1 N–H and O–H groups in total. The lowest BCUT2D eigenvalue weighted by atomic mass is 10.2. The number of guanidine groups is 1. The van der Waals surface area contributed by atoms with E-state index in [1.54, 1.807) is 23.9 Å². The first-order chi connectivity index (χ1) is 13.9. The Bertz CT molecular complexity index is 796. The van der Waals surface area contributed by atoms with Crippen molar-refractivity contribution in [3.05, 3.63) is 41.5 Å². The summed E-state index contributed by atoms with van der Waals surface area (Å²) in [5.41, 5.74) is 0.921. The van der Waals surface area contributed by atoms with Crippen molar-refractivity contribution < 1.29 is 4.39 Å². The number of hydrogen-bond acceptors (Lipinski definition) is 4. The van der Waals surface area contributed by atoms with Crippen LogP contribution in [0.1, 0.15) is 38.6 Å². The van der Waals surface area contributed by atoms with Gasteiger partial charge in [-0.25, -0.2) is 4.39 Å². The molecule has 6 nitrogen and oxygen atoms in total. The van der Waals surface area contributed by atoms with E-state index in [0.29, 0.717) is 19.0 Å². The molecule has 168 valence electrons. The molecule has 0 amide bonds. The van der Waals surface area contributed by atoms with Crippen LogP contribution in [0.25, 0.3) is 0 Å². The molecule has 1 aromatic carbocycles. The highest BCUT2D eigenvalue weighted by Crippen LogP contribution is 2.16. The second kappa shape index (κ2) is 13.8. The standard InChI is InChI=1S/C21H33FN6S.HI/c1-6-23-20(27(4)15-17-9-7-10-18(22)13-17)24-12-8-11-19-25-26-21(29-5)28(19)14-16(2)3;/h7,9-10,13,16H,6,8,11-12,14-15H2,1-5H3,(H,23,24);1H. The van der Waals surface area contributed by atoms with Crippen LogP contribution >= 0.6 is 35.7 Å². The quantitative estimate of drug-likeness (QED) is 0.156. The molecular weight excluding hydrogens is 514 g/mol. The fraction of sp³-hybridized carbons (Fsp3) is 0.571. The fourth-order valence-electron chi connectivity index (χ4n) is 3.08. The summed E-state index contributed by atoms with van der Waals surface area (Å²) in [4.78, 5) is 6.76. The summed E-state index contributed by atoms with van der Waals surface area (Å²) in [5, 5.41) is 13.0. The van der Waals surface area contributed by atoms with Crippen molar-refractivity contribution in [1.82, 2.24) is 25.0 Å². The summed E-state index contributed by atoms with van der Waals surface area (Å²) in [5.74, 6) is 2.18. The highest BCUT2D eigenvalue weighted by Gasteiger charge is 2.12. The number of aromatic nitrogens is 3. The van der Waals surface area contributed by atoms with Gasteiger partial charge in [0.1, 0.15) is 11.6 Å². The van der Waals surface area contributed by atoms with E-state index < -0.39 is 0 Å². The van der Waals surface area contributed by atoms with Crippen LogP contribution in [0.15, 0.2) is 34.4 Å². The molecule has 1 aromatic heterocycles. The summed E-state index contributed by atoms with van der Waals surface area (Å²) in [7, 11) is 1.97. The lowest BCUT2D eigenvalue weighted by Gasteiger charge is -2.22. The van der Waals surface area contributed by atoms with E-state index in [1.807, 2.05) is 31.2 Å². The number of rotatable bonds is 10. The lowest BCUT2D eigenvalue weighted by molar-refractivity contribution is 0.471. The maximum atomic E-state index is 13.4. The van der Waals surface area contributed by atoms with Gasteiger partial charge in [-0.1, -0.05) is 37.7 Å². The zero-order valence-corrected chi connectivity index (χ0v) is 21.7. The molecule has 0 spiro atoms. The molecular formula is C21H34FIN6S. The van der Waals surface area contributed by atoms with Crippen LogP contribution in [0.3, 0.4) is 0 Å². The third-order valence-electron chi connectivity index (χ3n) is 4.35. The number of hydrogen-bond donors (Lipinski definition) is 1. The van der Waals surface area contributed by atoms with E-state index in [2.05, 4.69) is 33.9 Å². The molecule has 0 atom stereocenters. The number of aryl methyl sites for hydroxylation is 1. The van der Waals surface area contributed by atoms with Gasteiger partial charge in [-0.15, -0.1) is 34.2 Å². The maximum absolute atomic E-state index is 13.4. The minimum atomic E-state index is -0.215. The predicted molar refractivity (Wildman–Crippen MR) is 134 cm³/mol. The predicted octanol–water partition coefficient (Wildman–Crippen LogP) is 4.44. The van der Waals surface area contributed by atoms with Crippen LogP contribution in [0.5, 0.6) is 0 Å². The number of aliphatic imine (C=N–C) groups is 1. The van der Waals surface area contributed by atoms with Gasteiger partial charge in [0.15, 0.2) is 11.1 Å². The Morgan fingerprint density at radius 3 is 2.73 bits per heavy atom. The minimum absolute atomic E-state index is 0. The number of nitrogens with one attached hydrogen (secondary N) is 1. The molecule has 2 aromatic rings. The molecule has 2 rings (SSSR count). The summed E-state index contributed by atoms with van der Waals surface area (Å²) in [6.07, 6.45) is 3.77. The lowest BCUT2D eigenvalue weighted by Crippen LogP contribution is -2.38. The summed E-state index contributed by atoms with van der Waals surface area (Å²) >= 11 is 1.63. The van der Waals surface area contributed by atoms with Gasteiger partial charge in [0.25, 0.3) is 0 Å². The molecule has 1 heterocycles. The first kappa shape index (κ1) is 26.7. The van der Waals surface area contributed by atoms with Crippen LogP contribution in [-0.4, -0.2) is 52.0 Å². The number of halogens is 2. The largest absolute Gasteiger partial charge is 0.357 e. The molecule has 0 aliphatic carbocycles. The Labute approximate surface area is 201 Å². The van der Waals surface area contributed by atoms with Gasteiger partial charge < -0.3 is 14.8 Å². The van der Waals surface area contributed by atoms with Gasteiger partial charge in [-0.2, -0.15) is 0 Å². The second-order valence-corrected chi connectivity index (χ2v) is 8.21. The van der Waals surface area contributed by atoms with E-state index in [0.717, 1.165) is 48.4 Å². The molecule has 0 radical (unpaired) electrons. The average molecular weight is 549 g/mol. The second-order valence-electron chi connectivity index (χ2n) is 7.43. The molecule has 0 aliphatic heterocycles. The van der Waals surface area contributed by atoms with Gasteiger partial charge in [0.05, 0.1) is 0 Å². The molecule has 0 aliphatic rings. The van der Waals surface area contributed by atoms with Gasteiger partial charge in [0, 0.05) is 39.6 Å². The first-order valence-corrected chi connectivity index (χ1v) is 11.4. The highest BCUT2D eigenvalue weighted by atomic mass is 127. The molecule has 0 saturated carbocycles. The van der Waals surface area contributed by atoms with Gasteiger partial charge in [0.2, 0.25) is 0 Å². The summed E-state index contributed by atoms with van der Waals surface area (Å²) < 4.78 is 15.7. The fourth-order valence-corrected chi connectivity index (χ4v) is 3.60. The normalized spacial score (nSPS) is 11.5. The van der Waals surface area contributed by atoms with Crippen molar-refractivity contribution in [2.75, 3.05) is 26.4 Å². The van der Waals surface area contributed by atoms with Crippen LogP contribution in [0.4, 0.5) is 4.39 Å². The van der Waals surface area contributed by atoms with E-state index in [4.69, 9.17) is 4.99 Å². The third kappa shape index (κ3) is 8.41. The zero-order chi connectivity index (χ0) is 21.2. The average Bonchev–Trinajstić information content (AvgIpc) is 3.05. The van der Waals surface area contributed by atoms with Crippen molar-refractivity contribution in [1.29, 1.82) is 0 Å². The van der Waals surface area contributed by atoms with E-state index in [1.165, 1.54) is 6.07 Å². The van der Waals surface area contributed by atoms with Crippen molar-refractivity contribution >= 4 is 41.7 Å². The Kier molecular flexibility index (Phi) is 12.3. The summed E-state index contributed by atoms with van der Waals surface area (Å²) in [6, 6.07) is 6.68. The first-order valence-electron chi connectivity index (χ1n) is 10.1. The Morgan fingerprint density at radius 1 is 1.33 bits per heavy atom. The van der Waals surface area contributed by atoms with E-state index in [9.17, 15) is 4.39 Å². The van der Waals surface area contributed by atoms with Crippen LogP contribution in [0.2, 0.25) is 0 Å². The third-order valence-corrected chi connectivity index (χ3v) is 5.02. The highest BCUT2D eigenvalue weighted by molar-refractivity contribution is 14.0. The molecule has 0 fully saturated rings. The summed E-state index contributed by atoms with van der Waals surface area (Å²) in [6.45, 7) is 9.46. The van der Waals surface area contributed by atoms with E-state index >= 15 is 0 Å². The van der Waals surface area contributed by atoms with Gasteiger partial charge in [-0.3, -0.25) is 4.99 Å². The van der Waals surface area contributed by atoms with Crippen LogP contribution in [0, 0.1) is 11.7 Å². The number of benzene rings is 1. The van der Waals surface area contributed by atoms with Crippen molar-refractivity contribution in [3.8, 4) is 0 Å². The number of nitrogens with zero attached hydrogens (tertiary/aromatic N) is 5. The smallest absolute Gasteiger partial charge is 0.193 e. The molecule has 0 saturated heterocycles. The van der Waals surface area contributed by atoms with Crippen molar-refractivity contribution in [3.63, 3.8) is 0 Å². The Balaban J connectivity index is 0.00000450. The van der Waals surface area contributed by atoms with Gasteiger partial charge >= 0.3 is 0 Å².